The van der Waals surface area contributed by atoms with Crippen molar-refractivity contribution in [3.8, 4) is 0 Å². The highest BCUT2D eigenvalue weighted by Gasteiger charge is 2.15. The van der Waals surface area contributed by atoms with E-state index in [-0.39, 0.29) is 17.2 Å². The third-order valence-corrected chi connectivity index (χ3v) is 4.28. The minimum Gasteiger partial charge on any atom is -0.257 e. The number of benzene rings is 1. The summed E-state index contributed by atoms with van der Waals surface area (Å²) in [4.78, 5) is 3.76. The van der Waals surface area contributed by atoms with E-state index in [4.69, 9.17) is 0 Å². The summed E-state index contributed by atoms with van der Waals surface area (Å²) >= 11 is 0. The molecule has 100 valence electrons. The fourth-order valence-corrected chi connectivity index (χ4v) is 3.04. The van der Waals surface area contributed by atoms with Crippen LogP contribution in [-0.4, -0.2) is 19.2 Å². The molecule has 0 atom stereocenters. The van der Waals surface area contributed by atoms with E-state index in [1.165, 1.54) is 18.3 Å². The second-order valence-corrected chi connectivity index (χ2v) is 6.44. The molecule has 5 heteroatoms. The van der Waals surface area contributed by atoms with Crippen molar-refractivity contribution in [1.82, 2.24) is 4.98 Å². The van der Waals surface area contributed by atoms with Crippen LogP contribution in [0.25, 0.3) is 0 Å². The molecule has 0 unspecified atom stereocenters. The lowest BCUT2D eigenvalue weighted by Crippen LogP contribution is -2.13. The van der Waals surface area contributed by atoms with Gasteiger partial charge in [0.2, 0.25) is 0 Å². The van der Waals surface area contributed by atoms with Crippen molar-refractivity contribution in [2.24, 2.45) is 0 Å². The van der Waals surface area contributed by atoms with Gasteiger partial charge in [-0.2, -0.15) is 0 Å². The quantitative estimate of drug-likeness (QED) is 0.844. The molecule has 0 saturated heterocycles. The summed E-state index contributed by atoms with van der Waals surface area (Å²) in [5.74, 6) is -0.940. The Hall–Kier alpha value is -1.75. The Kier molecular flexibility index (Phi) is 4.27. The van der Waals surface area contributed by atoms with Gasteiger partial charge >= 0.3 is 0 Å². The summed E-state index contributed by atoms with van der Waals surface area (Å²) in [7, 11) is -3.36. The summed E-state index contributed by atoms with van der Waals surface area (Å²) in [6.07, 6.45) is 1.82. The molecule has 0 aliphatic heterocycles. The predicted molar refractivity (Wildman–Crippen MR) is 71.8 cm³/mol. The van der Waals surface area contributed by atoms with E-state index < -0.39 is 15.7 Å². The molecule has 0 bridgehead atoms. The molecule has 0 amide bonds. The molecule has 1 aromatic heterocycles. The Balaban J connectivity index is 2.02. The van der Waals surface area contributed by atoms with Crippen LogP contribution in [0.15, 0.2) is 48.7 Å². The molecule has 0 spiro atoms. The lowest BCUT2D eigenvalue weighted by Gasteiger charge is -2.05. The number of aromatic nitrogens is 1. The van der Waals surface area contributed by atoms with Gasteiger partial charge in [0.1, 0.15) is 5.82 Å². The van der Waals surface area contributed by atoms with Crippen molar-refractivity contribution in [2.45, 2.75) is 12.2 Å². The van der Waals surface area contributed by atoms with Gasteiger partial charge in [-0.15, -0.1) is 0 Å². The smallest absolute Gasteiger partial charge is 0.156 e. The van der Waals surface area contributed by atoms with E-state index in [0.29, 0.717) is 6.42 Å². The fraction of sp³-hybridized carbons (Fsp3) is 0.214. The monoisotopic (exact) mass is 279 g/mol. The molecule has 19 heavy (non-hydrogen) atoms. The van der Waals surface area contributed by atoms with Crippen LogP contribution in [0.5, 0.6) is 0 Å². The number of hydrogen-bond acceptors (Lipinski definition) is 3. The van der Waals surface area contributed by atoms with Gasteiger partial charge in [0.15, 0.2) is 9.84 Å². The van der Waals surface area contributed by atoms with E-state index in [0.717, 1.165) is 5.56 Å². The Morgan fingerprint density at radius 3 is 2.47 bits per heavy atom. The number of hydrogen-bond donors (Lipinski definition) is 0. The zero-order valence-electron chi connectivity index (χ0n) is 10.3. The van der Waals surface area contributed by atoms with Crippen molar-refractivity contribution in [2.75, 3.05) is 5.75 Å². The van der Waals surface area contributed by atoms with E-state index in [1.54, 1.807) is 0 Å². The van der Waals surface area contributed by atoms with E-state index in [9.17, 15) is 12.8 Å². The molecule has 0 radical (unpaired) electrons. The SMILES string of the molecule is O=S(=O)(CCc1ccccc1)Cc1ncccc1F. The zero-order valence-corrected chi connectivity index (χ0v) is 11.1. The van der Waals surface area contributed by atoms with Gasteiger partial charge < -0.3 is 0 Å². The molecule has 0 aliphatic rings. The van der Waals surface area contributed by atoms with Crippen LogP contribution in [0.2, 0.25) is 0 Å². The molecule has 1 aromatic carbocycles. The summed E-state index contributed by atoms with van der Waals surface area (Å²) in [5.41, 5.74) is 0.933. The van der Waals surface area contributed by atoms with E-state index in [1.807, 2.05) is 30.3 Å². The number of halogens is 1. The minimum atomic E-state index is -3.36. The molecule has 0 N–H and O–H groups in total. The summed E-state index contributed by atoms with van der Waals surface area (Å²) in [6, 6.07) is 12.0. The first kappa shape index (κ1) is 13.7. The molecule has 0 aliphatic carbocycles. The van der Waals surface area contributed by atoms with Gasteiger partial charge in [-0.3, -0.25) is 4.98 Å². The Morgan fingerprint density at radius 1 is 1.05 bits per heavy atom. The highest BCUT2D eigenvalue weighted by Crippen LogP contribution is 2.10. The number of pyridine rings is 1. The van der Waals surface area contributed by atoms with Gasteiger partial charge in [-0.05, 0) is 24.1 Å². The predicted octanol–water partition coefficient (Wildman–Crippen LogP) is 2.38. The Morgan fingerprint density at radius 2 is 1.79 bits per heavy atom. The third-order valence-electron chi connectivity index (χ3n) is 2.74. The van der Waals surface area contributed by atoms with Crippen LogP contribution in [0, 0.1) is 5.82 Å². The van der Waals surface area contributed by atoms with Crippen molar-refractivity contribution in [3.63, 3.8) is 0 Å². The maximum atomic E-state index is 13.4. The topological polar surface area (TPSA) is 47.0 Å². The van der Waals surface area contributed by atoms with Crippen LogP contribution in [0.4, 0.5) is 4.39 Å². The minimum absolute atomic E-state index is 0.00692. The second-order valence-electron chi connectivity index (χ2n) is 4.26. The van der Waals surface area contributed by atoms with Gasteiger partial charge in [0, 0.05) is 6.20 Å². The van der Waals surface area contributed by atoms with Gasteiger partial charge in [-0.1, -0.05) is 30.3 Å². The first-order valence-corrected chi connectivity index (χ1v) is 7.73. The second kappa shape index (κ2) is 5.93. The van der Waals surface area contributed by atoms with Crippen molar-refractivity contribution >= 4 is 9.84 Å². The highest BCUT2D eigenvalue weighted by molar-refractivity contribution is 7.90. The molecular formula is C14H14FNO2S. The lowest BCUT2D eigenvalue weighted by atomic mass is 10.2. The van der Waals surface area contributed by atoms with Crippen LogP contribution < -0.4 is 0 Å². The number of sulfone groups is 1. The fourth-order valence-electron chi connectivity index (χ4n) is 1.72. The largest absolute Gasteiger partial charge is 0.257 e. The van der Waals surface area contributed by atoms with Crippen LogP contribution >= 0.6 is 0 Å². The normalized spacial score (nSPS) is 11.4. The van der Waals surface area contributed by atoms with Gasteiger partial charge in [0.25, 0.3) is 0 Å². The van der Waals surface area contributed by atoms with Gasteiger partial charge in [-0.25, -0.2) is 12.8 Å². The summed E-state index contributed by atoms with van der Waals surface area (Å²) in [6.45, 7) is 0. The summed E-state index contributed by atoms with van der Waals surface area (Å²) in [5, 5.41) is 0. The first-order chi connectivity index (χ1) is 9.07. The molecule has 2 rings (SSSR count). The average Bonchev–Trinajstić information content (AvgIpc) is 2.40. The molecule has 0 fully saturated rings. The Labute approximate surface area is 112 Å². The summed E-state index contributed by atoms with van der Waals surface area (Å²) < 4.78 is 37.2. The van der Waals surface area contributed by atoms with Crippen LogP contribution in [0.3, 0.4) is 0 Å². The van der Waals surface area contributed by atoms with Crippen molar-refractivity contribution < 1.29 is 12.8 Å². The maximum Gasteiger partial charge on any atom is 0.156 e. The average molecular weight is 279 g/mol. The lowest BCUT2D eigenvalue weighted by molar-refractivity contribution is 0.582. The van der Waals surface area contributed by atoms with Gasteiger partial charge in [0.05, 0.1) is 17.2 Å². The Bertz CT molecular complexity index is 642. The van der Waals surface area contributed by atoms with E-state index in [2.05, 4.69) is 4.98 Å². The molecule has 1 heterocycles. The van der Waals surface area contributed by atoms with Crippen LogP contribution in [0.1, 0.15) is 11.3 Å². The zero-order chi connectivity index (χ0) is 13.7. The number of aryl methyl sites for hydroxylation is 1. The molecule has 3 nitrogen and oxygen atoms in total. The standard InChI is InChI=1S/C14H14FNO2S/c15-13-7-4-9-16-14(13)11-19(17,18)10-8-12-5-2-1-3-6-12/h1-7,9H,8,10-11H2. The number of nitrogens with zero attached hydrogens (tertiary/aromatic N) is 1. The molecular weight excluding hydrogens is 265 g/mol. The maximum absolute atomic E-state index is 13.4. The van der Waals surface area contributed by atoms with Crippen molar-refractivity contribution in [1.29, 1.82) is 0 Å². The van der Waals surface area contributed by atoms with E-state index >= 15 is 0 Å². The highest BCUT2D eigenvalue weighted by atomic mass is 32.2. The number of rotatable bonds is 5. The first-order valence-electron chi connectivity index (χ1n) is 5.90. The molecule has 0 saturated carbocycles. The van der Waals surface area contributed by atoms with Crippen LogP contribution in [-0.2, 0) is 22.0 Å². The van der Waals surface area contributed by atoms with Crippen molar-refractivity contribution in [3.05, 3.63) is 65.7 Å². The molecule has 2 aromatic rings. The third kappa shape index (κ3) is 4.13.